The number of rotatable bonds is 6. The van der Waals surface area contributed by atoms with E-state index in [1.54, 1.807) is 24.3 Å². The average molecular weight is 329 g/mol. The molecule has 0 amide bonds. The van der Waals surface area contributed by atoms with E-state index in [1.807, 2.05) is 18.2 Å². The summed E-state index contributed by atoms with van der Waals surface area (Å²) in [6.45, 7) is 3.59. The van der Waals surface area contributed by atoms with Gasteiger partial charge in [-0.3, -0.25) is 9.94 Å². The molecule has 0 fully saturated rings. The molecule has 118 valence electrons. The predicted molar refractivity (Wildman–Crippen MR) is 88.3 cm³/mol. The molecule has 0 bridgehead atoms. The fourth-order valence-corrected chi connectivity index (χ4v) is 3.40. The van der Waals surface area contributed by atoms with E-state index in [0.717, 1.165) is 9.99 Å². The molecular weight excluding hydrogens is 314 g/mol. The number of anilines is 1. The fraction of sp³-hybridized carbons (Fsp3) is 0.0625. The number of nitrogens with one attached hydrogen (secondary N) is 1. The lowest BCUT2D eigenvalue weighted by Crippen LogP contribution is -2.31. The molecule has 1 heterocycles. The van der Waals surface area contributed by atoms with Crippen molar-refractivity contribution in [2.75, 3.05) is 11.1 Å². The molecule has 3 rings (SSSR count). The Morgan fingerprint density at radius 1 is 1.13 bits per heavy atom. The molecule has 0 spiro atoms. The zero-order chi connectivity index (χ0) is 16.3. The van der Waals surface area contributed by atoms with Crippen LogP contribution in [0.5, 0.6) is 0 Å². The smallest absolute Gasteiger partial charge is 0.276 e. The Morgan fingerprint density at radius 3 is 2.57 bits per heavy atom. The second-order valence-electron chi connectivity index (χ2n) is 4.72. The van der Waals surface area contributed by atoms with Crippen molar-refractivity contribution >= 4 is 26.7 Å². The number of hydrogen-bond donors (Lipinski definition) is 1. The van der Waals surface area contributed by atoms with Crippen LogP contribution in [0.15, 0.2) is 72.1 Å². The highest BCUT2D eigenvalue weighted by molar-refractivity contribution is 7.92. The molecule has 1 aromatic heterocycles. The number of benzene rings is 2. The second-order valence-corrected chi connectivity index (χ2v) is 6.48. The minimum absolute atomic E-state index is 0.0350. The summed E-state index contributed by atoms with van der Waals surface area (Å²) in [5.74, 6) is 0.186. The molecule has 0 unspecified atom stereocenters. The minimum Gasteiger partial charge on any atom is -0.276 e. The first-order valence-corrected chi connectivity index (χ1v) is 8.36. The van der Waals surface area contributed by atoms with Crippen LogP contribution in [-0.2, 0) is 14.9 Å². The van der Waals surface area contributed by atoms with Crippen LogP contribution < -0.4 is 4.47 Å². The Hall–Kier alpha value is -2.64. The molecule has 0 aliphatic rings. The van der Waals surface area contributed by atoms with Crippen molar-refractivity contribution in [3.63, 3.8) is 0 Å². The maximum atomic E-state index is 12.9. The van der Waals surface area contributed by atoms with Gasteiger partial charge < -0.3 is 0 Å². The lowest BCUT2D eigenvalue weighted by atomic mass is 10.2. The van der Waals surface area contributed by atoms with E-state index >= 15 is 0 Å². The van der Waals surface area contributed by atoms with Crippen molar-refractivity contribution < 1.29 is 13.3 Å². The van der Waals surface area contributed by atoms with Gasteiger partial charge >= 0.3 is 0 Å². The number of nitrogens with zero attached hydrogens (tertiary/aromatic N) is 2. The van der Waals surface area contributed by atoms with Crippen molar-refractivity contribution in [1.82, 2.24) is 10.2 Å². The number of aromatic amines is 1. The molecule has 0 radical (unpaired) electrons. The summed E-state index contributed by atoms with van der Waals surface area (Å²) >= 11 is 0. The topological polar surface area (TPSA) is 75.3 Å². The summed E-state index contributed by atoms with van der Waals surface area (Å²) in [7, 11) is -3.91. The Morgan fingerprint density at radius 2 is 1.83 bits per heavy atom. The standard InChI is InChI=1S/C16H15N3O3S/c1-2-12-22-19(23(20,21)13-8-4-3-5-9-13)16-14-10-6-7-11-15(14)17-18-16/h2-11H,1,12H2,(H,17,18). The summed E-state index contributed by atoms with van der Waals surface area (Å²) in [5.41, 5.74) is 0.720. The third-order valence-corrected chi connectivity index (χ3v) is 4.78. The maximum absolute atomic E-state index is 12.9. The van der Waals surface area contributed by atoms with Crippen LogP contribution in [0.1, 0.15) is 0 Å². The van der Waals surface area contributed by atoms with E-state index < -0.39 is 10.0 Å². The van der Waals surface area contributed by atoms with E-state index in [1.165, 1.54) is 18.2 Å². The molecule has 0 aliphatic heterocycles. The zero-order valence-corrected chi connectivity index (χ0v) is 13.0. The molecule has 0 aliphatic carbocycles. The summed E-state index contributed by atoms with van der Waals surface area (Å²) in [5, 5.41) is 7.56. The second kappa shape index (κ2) is 6.23. The van der Waals surface area contributed by atoms with Crippen molar-refractivity contribution in [2.24, 2.45) is 0 Å². The zero-order valence-electron chi connectivity index (χ0n) is 12.2. The highest BCUT2D eigenvalue weighted by atomic mass is 32.2. The molecule has 0 atom stereocenters. The first-order valence-electron chi connectivity index (χ1n) is 6.92. The molecule has 7 heteroatoms. The normalized spacial score (nSPS) is 11.5. The highest BCUT2D eigenvalue weighted by Gasteiger charge is 2.29. The van der Waals surface area contributed by atoms with Gasteiger partial charge in [0.05, 0.1) is 17.0 Å². The number of aromatic nitrogens is 2. The van der Waals surface area contributed by atoms with Crippen LogP contribution in [0.2, 0.25) is 0 Å². The molecule has 0 saturated carbocycles. The van der Waals surface area contributed by atoms with Gasteiger partial charge in [-0.15, -0.1) is 11.0 Å². The predicted octanol–water partition coefficient (Wildman–Crippen LogP) is 2.88. The van der Waals surface area contributed by atoms with Gasteiger partial charge in [0, 0.05) is 5.39 Å². The molecule has 6 nitrogen and oxygen atoms in total. The van der Waals surface area contributed by atoms with Gasteiger partial charge in [0.25, 0.3) is 10.0 Å². The quantitative estimate of drug-likeness (QED) is 0.557. The summed E-state index contributed by atoms with van der Waals surface area (Å²) in [6.07, 6.45) is 1.47. The Labute approximate surface area is 134 Å². The van der Waals surface area contributed by atoms with E-state index in [-0.39, 0.29) is 17.3 Å². The third kappa shape index (κ3) is 2.84. The fourth-order valence-electron chi connectivity index (χ4n) is 2.14. The molecule has 23 heavy (non-hydrogen) atoms. The monoisotopic (exact) mass is 329 g/mol. The SMILES string of the molecule is C=CCON(c1n[nH]c2ccccc12)S(=O)(=O)c1ccccc1. The molecule has 2 aromatic carbocycles. The first-order chi connectivity index (χ1) is 11.1. The maximum Gasteiger partial charge on any atom is 0.288 e. The van der Waals surface area contributed by atoms with Gasteiger partial charge in [0.1, 0.15) is 0 Å². The van der Waals surface area contributed by atoms with Crippen LogP contribution in [0.4, 0.5) is 5.82 Å². The van der Waals surface area contributed by atoms with Crippen molar-refractivity contribution in [2.45, 2.75) is 4.90 Å². The number of para-hydroxylation sites is 1. The Balaban J connectivity index is 2.13. The first kappa shape index (κ1) is 15.3. The van der Waals surface area contributed by atoms with E-state index in [2.05, 4.69) is 16.8 Å². The minimum atomic E-state index is -3.91. The van der Waals surface area contributed by atoms with Gasteiger partial charge in [-0.25, -0.2) is 0 Å². The van der Waals surface area contributed by atoms with Gasteiger partial charge in [0.15, 0.2) is 5.82 Å². The summed E-state index contributed by atoms with van der Waals surface area (Å²) in [4.78, 5) is 5.53. The van der Waals surface area contributed by atoms with Crippen LogP contribution >= 0.6 is 0 Å². The summed E-state index contributed by atoms with van der Waals surface area (Å²) < 4.78 is 26.6. The summed E-state index contributed by atoms with van der Waals surface area (Å²) in [6, 6.07) is 15.3. The van der Waals surface area contributed by atoms with E-state index in [4.69, 9.17) is 4.84 Å². The molecule has 0 saturated heterocycles. The lowest BCUT2D eigenvalue weighted by Gasteiger charge is -2.20. The Bertz CT molecular complexity index is 920. The van der Waals surface area contributed by atoms with Crippen LogP contribution in [0, 0.1) is 0 Å². The highest BCUT2D eigenvalue weighted by Crippen LogP contribution is 2.29. The lowest BCUT2D eigenvalue weighted by molar-refractivity contribution is 0.177. The average Bonchev–Trinajstić information content (AvgIpc) is 3.00. The van der Waals surface area contributed by atoms with Crippen LogP contribution in [0.25, 0.3) is 10.9 Å². The van der Waals surface area contributed by atoms with Crippen LogP contribution in [0.3, 0.4) is 0 Å². The van der Waals surface area contributed by atoms with E-state index in [0.29, 0.717) is 5.39 Å². The Kier molecular flexibility index (Phi) is 4.14. The number of H-pyrrole nitrogens is 1. The molecular formula is C16H15N3O3S. The van der Waals surface area contributed by atoms with Crippen molar-refractivity contribution in [3.05, 3.63) is 67.3 Å². The number of fused-ring (bicyclic) bond motifs is 1. The van der Waals surface area contributed by atoms with Crippen molar-refractivity contribution in [1.29, 1.82) is 0 Å². The molecule has 3 aromatic rings. The largest absolute Gasteiger partial charge is 0.288 e. The van der Waals surface area contributed by atoms with Gasteiger partial charge in [0.2, 0.25) is 0 Å². The third-order valence-electron chi connectivity index (χ3n) is 3.19. The number of sulfonamides is 1. The van der Waals surface area contributed by atoms with Crippen molar-refractivity contribution in [3.8, 4) is 0 Å². The van der Waals surface area contributed by atoms with E-state index in [9.17, 15) is 8.42 Å². The number of hydrogen-bond acceptors (Lipinski definition) is 4. The van der Waals surface area contributed by atoms with Gasteiger partial charge in [-0.05, 0) is 24.3 Å². The van der Waals surface area contributed by atoms with Gasteiger partial charge in [-0.2, -0.15) is 13.5 Å². The molecule has 1 N–H and O–H groups in total. The van der Waals surface area contributed by atoms with Gasteiger partial charge in [-0.1, -0.05) is 36.4 Å². The van der Waals surface area contributed by atoms with Crippen LogP contribution in [-0.4, -0.2) is 25.2 Å².